The minimum absolute atomic E-state index is 0.0940. The van der Waals surface area contributed by atoms with E-state index >= 15 is 0 Å². The highest BCUT2D eigenvalue weighted by atomic mass is 32.2. The third-order valence-electron chi connectivity index (χ3n) is 5.48. The molecule has 0 radical (unpaired) electrons. The lowest BCUT2D eigenvalue weighted by molar-refractivity contribution is 0.252. The Labute approximate surface area is 182 Å². The zero-order valence-corrected chi connectivity index (χ0v) is 18.4. The van der Waals surface area contributed by atoms with Gasteiger partial charge in [0.1, 0.15) is 10.6 Å². The Morgan fingerprint density at radius 1 is 1.23 bits per heavy atom. The van der Waals surface area contributed by atoms with Crippen LogP contribution in [0.1, 0.15) is 44.7 Å². The molecule has 31 heavy (non-hydrogen) atoms. The first-order chi connectivity index (χ1) is 14.8. The second kappa shape index (κ2) is 9.61. The third-order valence-corrected chi connectivity index (χ3v) is 8.11. The van der Waals surface area contributed by atoms with Crippen molar-refractivity contribution in [2.75, 3.05) is 30.0 Å². The van der Waals surface area contributed by atoms with Gasteiger partial charge in [0.2, 0.25) is 0 Å². The van der Waals surface area contributed by atoms with Gasteiger partial charge in [-0.05, 0) is 56.4 Å². The maximum absolute atomic E-state index is 13.0. The Balaban J connectivity index is 1.87. The fourth-order valence-electron chi connectivity index (χ4n) is 3.62. The predicted molar refractivity (Wildman–Crippen MR) is 120 cm³/mol. The van der Waals surface area contributed by atoms with Gasteiger partial charge < -0.3 is 21.5 Å². The van der Waals surface area contributed by atoms with Gasteiger partial charge in [-0.3, -0.25) is 0 Å². The first kappa shape index (κ1) is 23.0. The summed E-state index contributed by atoms with van der Waals surface area (Å²) >= 11 is 0. The highest BCUT2D eigenvalue weighted by Crippen LogP contribution is 2.48. The second-order valence-corrected chi connectivity index (χ2v) is 10.1. The number of hydrogen-bond acceptors (Lipinski definition) is 7. The number of aromatic nitrogens is 2. The molecule has 0 unspecified atom stereocenters. The molecule has 1 aliphatic carbocycles. The molecule has 0 bridgehead atoms. The highest BCUT2D eigenvalue weighted by Gasteiger charge is 2.51. The van der Waals surface area contributed by atoms with E-state index in [0.717, 1.165) is 12.8 Å². The molecule has 2 aromatic rings. The number of nitrogens with two attached hydrogens (primary N) is 1. The summed E-state index contributed by atoms with van der Waals surface area (Å²) in [5, 5.41) is 14.6. The molecule has 10 heteroatoms. The third kappa shape index (κ3) is 4.96. The molecule has 2 amide bonds. The molecule has 1 fully saturated rings. The van der Waals surface area contributed by atoms with Crippen LogP contribution in [0.4, 0.5) is 16.3 Å². The van der Waals surface area contributed by atoms with E-state index in [2.05, 4.69) is 20.6 Å². The van der Waals surface area contributed by atoms with Crippen molar-refractivity contribution in [2.24, 2.45) is 0 Å². The summed E-state index contributed by atoms with van der Waals surface area (Å²) in [6, 6.07) is 8.21. The van der Waals surface area contributed by atoms with Gasteiger partial charge in [-0.25, -0.2) is 23.2 Å². The minimum Gasteiger partial charge on any atom is -0.396 e. The molecule has 168 valence electrons. The first-order valence-electron chi connectivity index (χ1n) is 10.4. The number of aliphatic hydroxyl groups excluding tert-OH is 1. The van der Waals surface area contributed by atoms with Crippen molar-refractivity contribution in [1.29, 1.82) is 0 Å². The Morgan fingerprint density at radius 2 is 1.94 bits per heavy atom. The monoisotopic (exact) mass is 447 g/mol. The Kier molecular flexibility index (Phi) is 7.11. The van der Waals surface area contributed by atoms with Crippen molar-refractivity contribution in [3.05, 3.63) is 36.0 Å². The lowest BCUT2D eigenvalue weighted by Crippen LogP contribution is -2.44. The summed E-state index contributed by atoms with van der Waals surface area (Å²) in [5.74, 6) is 0.439. The molecule has 1 aromatic carbocycles. The number of amides is 2. The summed E-state index contributed by atoms with van der Waals surface area (Å²) < 4.78 is 25.0. The van der Waals surface area contributed by atoms with Gasteiger partial charge in [0.15, 0.2) is 15.7 Å². The van der Waals surface area contributed by atoms with Crippen LogP contribution in [0.5, 0.6) is 0 Å². The van der Waals surface area contributed by atoms with E-state index in [9.17, 15) is 13.2 Å². The number of anilines is 2. The Hall–Kier alpha value is -2.72. The van der Waals surface area contributed by atoms with E-state index in [1.807, 2.05) is 6.92 Å². The average molecular weight is 448 g/mol. The summed E-state index contributed by atoms with van der Waals surface area (Å²) in [4.78, 5) is 20.7. The van der Waals surface area contributed by atoms with Gasteiger partial charge in [-0.2, -0.15) is 0 Å². The number of aliphatic hydroxyl groups is 1. The SMILES string of the molecule is CCCNC(=O)Nc1ccc(-c2nc(N)cc(C3(S(=O)(=O)CCCO)CCC3)n2)cc1. The molecule has 3 rings (SSSR count). The number of carbonyl (C=O) groups is 1. The van der Waals surface area contributed by atoms with Crippen LogP contribution in [0.15, 0.2) is 30.3 Å². The fraction of sp³-hybridized carbons (Fsp3) is 0.476. The number of rotatable bonds is 9. The molecule has 9 nitrogen and oxygen atoms in total. The van der Waals surface area contributed by atoms with Gasteiger partial charge >= 0.3 is 6.03 Å². The number of nitrogens with zero attached hydrogens (tertiary/aromatic N) is 2. The highest BCUT2D eigenvalue weighted by molar-refractivity contribution is 7.92. The van der Waals surface area contributed by atoms with Gasteiger partial charge in [0.05, 0.1) is 11.4 Å². The molecule has 0 atom stereocenters. The molecule has 0 aliphatic heterocycles. The van der Waals surface area contributed by atoms with Crippen LogP contribution in [0, 0.1) is 0 Å². The van der Waals surface area contributed by atoms with Crippen molar-refractivity contribution in [2.45, 2.75) is 43.8 Å². The molecular weight excluding hydrogens is 418 g/mol. The van der Waals surface area contributed by atoms with Gasteiger partial charge in [0, 0.05) is 30.5 Å². The van der Waals surface area contributed by atoms with Crippen LogP contribution in [0.2, 0.25) is 0 Å². The first-order valence-corrected chi connectivity index (χ1v) is 12.1. The number of hydrogen-bond donors (Lipinski definition) is 4. The van der Waals surface area contributed by atoms with Crippen molar-refractivity contribution in [3.8, 4) is 11.4 Å². The summed E-state index contributed by atoms with van der Waals surface area (Å²) in [5.41, 5.74) is 7.69. The molecule has 1 aliphatic rings. The lowest BCUT2D eigenvalue weighted by Gasteiger charge is -2.40. The van der Waals surface area contributed by atoms with Gasteiger partial charge in [0.25, 0.3) is 0 Å². The maximum atomic E-state index is 13.0. The number of nitrogen functional groups attached to an aromatic ring is 1. The summed E-state index contributed by atoms with van der Waals surface area (Å²) in [6.07, 6.45) is 2.79. The van der Waals surface area contributed by atoms with E-state index in [-0.39, 0.29) is 30.6 Å². The molecule has 1 heterocycles. The molecule has 1 aromatic heterocycles. The smallest absolute Gasteiger partial charge is 0.319 e. The van der Waals surface area contributed by atoms with Gasteiger partial charge in [-0.1, -0.05) is 6.92 Å². The second-order valence-electron chi connectivity index (χ2n) is 7.70. The zero-order valence-electron chi connectivity index (χ0n) is 17.6. The minimum atomic E-state index is -3.50. The number of sulfone groups is 1. The molecule has 0 spiro atoms. The van der Waals surface area contributed by atoms with Gasteiger partial charge in [-0.15, -0.1) is 0 Å². The van der Waals surface area contributed by atoms with Crippen molar-refractivity contribution in [3.63, 3.8) is 0 Å². The Bertz CT molecular complexity index is 1020. The van der Waals surface area contributed by atoms with Crippen molar-refractivity contribution < 1.29 is 18.3 Å². The summed E-state index contributed by atoms with van der Waals surface area (Å²) in [6.45, 7) is 2.39. The van der Waals surface area contributed by atoms with E-state index in [0.29, 0.717) is 42.2 Å². The quantitative estimate of drug-likeness (QED) is 0.461. The summed E-state index contributed by atoms with van der Waals surface area (Å²) in [7, 11) is -3.50. The standard InChI is InChI=1S/C21H29N5O4S/c1-2-11-23-20(28)24-16-7-5-15(6-8-16)19-25-17(14-18(22)26-19)21(9-3-10-21)31(29,30)13-4-12-27/h5-8,14,27H,2-4,9-13H2,1H3,(H2,22,25,26)(H2,23,24,28). The molecule has 0 saturated heterocycles. The normalized spacial score (nSPS) is 15.2. The number of benzene rings is 1. The average Bonchev–Trinajstić information content (AvgIpc) is 2.70. The van der Waals surface area contributed by atoms with Crippen LogP contribution < -0.4 is 16.4 Å². The van der Waals surface area contributed by atoms with E-state index < -0.39 is 14.6 Å². The van der Waals surface area contributed by atoms with E-state index in [1.54, 1.807) is 24.3 Å². The topological polar surface area (TPSA) is 147 Å². The molecule has 1 saturated carbocycles. The van der Waals surface area contributed by atoms with Crippen LogP contribution >= 0.6 is 0 Å². The van der Waals surface area contributed by atoms with Crippen LogP contribution in [-0.2, 0) is 14.6 Å². The Morgan fingerprint density at radius 3 is 2.52 bits per heavy atom. The number of carbonyl (C=O) groups excluding carboxylic acids is 1. The van der Waals surface area contributed by atoms with E-state index in [4.69, 9.17) is 10.8 Å². The van der Waals surface area contributed by atoms with Crippen LogP contribution in [0.3, 0.4) is 0 Å². The number of urea groups is 1. The largest absolute Gasteiger partial charge is 0.396 e. The van der Waals surface area contributed by atoms with Crippen LogP contribution in [-0.4, -0.2) is 48.4 Å². The van der Waals surface area contributed by atoms with Crippen LogP contribution in [0.25, 0.3) is 11.4 Å². The number of nitrogens with one attached hydrogen (secondary N) is 2. The zero-order chi connectivity index (χ0) is 22.5. The molecule has 5 N–H and O–H groups in total. The van der Waals surface area contributed by atoms with E-state index in [1.165, 1.54) is 6.07 Å². The van der Waals surface area contributed by atoms with Crippen molar-refractivity contribution >= 4 is 27.4 Å². The van der Waals surface area contributed by atoms with Crippen molar-refractivity contribution in [1.82, 2.24) is 15.3 Å². The maximum Gasteiger partial charge on any atom is 0.319 e. The predicted octanol–water partition coefficient (Wildman–Crippen LogP) is 2.43. The molecular formula is C21H29N5O4S. The fourth-order valence-corrected chi connectivity index (χ4v) is 5.85. The lowest BCUT2D eigenvalue weighted by atomic mass is 9.81.